The number of carbonyl (C=O) groups excluding carboxylic acids is 1. The molecule has 2 aliphatic heterocycles. The van der Waals surface area contributed by atoms with Gasteiger partial charge in [-0.25, -0.2) is 0 Å². The summed E-state index contributed by atoms with van der Waals surface area (Å²) in [7, 11) is 2.07. The van der Waals surface area contributed by atoms with Crippen molar-refractivity contribution in [3.05, 3.63) is 39.9 Å². The fourth-order valence-corrected chi connectivity index (χ4v) is 3.46. The lowest BCUT2D eigenvalue weighted by atomic mass is 9.90. The van der Waals surface area contributed by atoms with Crippen LogP contribution in [0.25, 0.3) is 0 Å². The van der Waals surface area contributed by atoms with E-state index < -0.39 is 4.92 Å². The van der Waals surface area contributed by atoms with E-state index in [0.29, 0.717) is 25.3 Å². The molecule has 0 radical (unpaired) electrons. The van der Waals surface area contributed by atoms with Crippen molar-refractivity contribution in [2.45, 2.75) is 18.4 Å². The highest BCUT2D eigenvalue weighted by Crippen LogP contribution is 2.29. The Kier molecular flexibility index (Phi) is 4.32. The van der Waals surface area contributed by atoms with Crippen LogP contribution >= 0.6 is 0 Å². The van der Waals surface area contributed by atoms with Crippen molar-refractivity contribution in [1.29, 1.82) is 0 Å². The fourth-order valence-electron chi connectivity index (χ4n) is 3.46. The van der Waals surface area contributed by atoms with Gasteiger partial charge in [-0.2, -0.15) is 0 Å². The Balaban J connectivity index is 1.73. The smallest absolute Gasteiger partial charge is 0.269 e. The number of likely N-dealkylation sites (tertiary alicyclic amines) is 1. The average Bonchev–Trinajstić information content (AvgIpc) is 2.54. The molecule has 2 aliphatic rings. The summed E-state index contributed by atoms with van der Waals surface area (Å²) >= 11 is 0. The first-order valence-corrected chi connectivity index (χ1v) is 7.85. The number of non-ortho nitro benzene ring substituents is 1. The van der Waals surface area contributed by atoms with Gasteiger partial charge in [-0.1, -0.05) is 0 Å². The van der Waals surface area contributed by atoms with Crippen LogP contribution in [-0.4, -0.2) is 66.1 Å². The highest BCUT2D eigenvalue weighted by molar-refractivity contribution is 5.94. The van der Waals surface area contributed by atoms with Crippen LogP contribution in [0.4, 0.5) is 5.69 Å². The summed E-state index contributed by atoms with van der Waals surface area (Å²) in [5, 5.41) is 10.7. The third-order valence-corrected chi connectivity index (χ3v) is 4.59. The van der Waals surface area contributed by atoms with Gasteiger partial charge in [0.05, 0.1) is 23.7 Å². The van der Waals surface area contributed by atoms with Crippen LogP contribution in [0.1, 0.15) is 23.2 Å². The number of ether oxygens (including phenoxy) is 1. The summed E-state index contributed by atoms with van der Waals surface area (Å²) in [5.41, 5.74) is 0.201. The molecule has 2 heterocycles. The van der Waals surface area contributed by atoms with Crippen LogP contribution in [0.5, 0.6) is 0 Å². The minimum absolute atomic E-state index is 0.00565. The molecular formula is C16H21N3O4. The average molecular weight is 319 g/mol. The molecule has 1 atom stereocenters. The topological polar surface area (TPSA) is 75.9 Å². The predicted octanol–water partition coefficient (Wildman–Crippen LogP) is 1.53. The highest BCUT2D eigenvalue weighted by Gasteiger charge is 2.41. The molecule has 124 valence electrons. The molecule has 0 saturated carbocycles. The Bertz CT molecular complexity index is 600. The molecule has 1 aromatic carbocycles. The van der Waals surface area contributed by atoms with Crippen molar-refractivity contribution in [2.75, 3.05) is 39.8 Å². The maximum Gasteiger partial charge on any atom is 0.269 e. The van der Waals surface area contributed by atoms with Gasteiger partial charge in [-0.05, 0) is 32.0 Å². The SMILES string of the molecule is CN1CCOC2(CCCN(C(=O)c3ccc([N+](=O)[O-])cc3)C2)C1. The lowest BCUT2D eigenvalue weighted by molar-refractivity contribution is -0.384. The summed E-state index contributed by atoms with van der Waals surface area (Å²) in [6, 6.07) is 5.79. The van der Waals surface area contributed by atoms with E-state index in [2.05, 4.69) is 11.9 Å². The van der Waals surface area contributed by atoms with E-state index in [4.69, 9.17) is 4.74 Å². The number of morpholine rings is 1. The summed E-state index contributed by atoms with van der Waals surface area (Å²) < 4.78 is 6.02. The van der Waals surface area contributed by atoms with Gasteiger partial charge in [0.15, 0.2) is 0 Å². The largest absolute Gasteiger partial charge is 0.370 e. The Labute approximate surface area is 135 Å². The third kappa shape index (κ3) is 3.35. The van der Waals surface area contributed by atoms with Crippen LogP contribution in [0.2, 0.25) is 0 Å². The molecule has 3 rings (SSSR count). The van der Waals surface area contributed by atoms with Gasteiger partial charge in [-0.3, -0.25) is 14.9 Å². The van der Waals surface area contributed by atoms with Gasteiger partial charge >= 0.3 is 0 Å². The molecule has 0 aliphatic carbocycles. The number of rotatable bonds is 2. The van der Waals surface area contributed by atoms with Crippen molar-refractivity contribution in [1.82, 2.24) is 9.80 Å². The zero-order chi connectivity index (χ0) is 16.4. The first-order chi connectivity index (χ1) is 11.0. The van der Waals surface area contributed by atoms with E-state index >= 15 is 0 Å². The summed E-state index contributed by atoms with van der Waals surface area (Å²) in [4.78, 5) is 27.0. The van der Waals surface area contributed by atoms with Crippen LogP contribution in [0, 0.1) is 10.1 Å². The Morgan fingerprint density at radius 1 is 1.26 bits per heavy atom. The maximum atomic E-state index is 12.7. The predicted molar refractivity (Wildman–Crippen MR) is 84.4 cm³/mol. The summed E-state index contributed by atoms with van der Waals surface area (Å²) in [5.74, 6) is -0.0872. The molecule has 2 saturated heterocycles. The van der Waals surface area contributed by atoms with Gasteiger partial charge in [-0.15, -0.1) is 0 Å². The number of piperidine rings is 1. The van der Waals surface area contributed by atoms with Crippen molar-refractivity contribution < 1.29 is 14.5 Å². The fraction of sp³-hybridized carbons (Fsp3) is 0.562. The second-order valence-corrected chi connectivity index (χ2v) is 6.40. The zero-order valence-corrected chi connectivity index (χ0v) is 13.2. The standard InChI is InChI=1S/C16H21N3O4/c1-17-9-10-23-16(11-17)7-2-8-18(12-16)15(20)13-3-5-14(6-4-13)19(21)22/h3-6H,2,7-12H2,1H3. The molecular weight excluding hydrogens is 298 g/mol. The van der Waals surface area contributed by atoms with E-state index in [9.17, 15) is 14.9 Å². The van der Waals surface area contributed by atoms with Crippen molar-refractivity contribution in [2.24, 2.45) is 0 Å². The normalized spacial score (nSPS) is 25.5. The molecule has 2 fully saturated rings. The van der Waals surface area contributed by atoms with Gasteiger partial charge in [0.1, 0.15) is 0 Å². The summed E-state index contributed by atoms with van der Waals surface area (Å²) in [6.45, 7) is 3.71. The molecule has 0 bridgehead atoms. The van der Waals surface area contributed by atoms with Gasteiger partial charge in [0.25, 0.3) is 11.6 Å². The molecule has 1 spiro atoms. The number of nitro groups is 1. The summed E-state index contributed by atoms with van der Waals surface area (Å²) in [6.07, 6.45) is 1.87. The van der Waals surface area contributed by atoms with E-state index in [1.165, 1.54) is 24.3 Å². The van der Waals surface area contributed by atoms with E-state index in [0.717, 1.165) is 25.9 Å². The minimum Gasteiger partial charge on any atom is -0.370 e. The van der Waals surface area contributed by atoms with Gasteiger partial charge in [0.2, 0.25) is 0 Å². The molecule has 1 amide bonds. The monoisotopic (exact) mass is 319 g/mol. The lowest BCUT2D eigenvalue weighted by Gasteiger charge is -2.47. The lowest BCUT2D eigenvalue weighted by Crippen LogP contribution is -2.59. The number of hydrogen-bond donors (Lipinski definition) is 0. The van der Waals surface area contributed by atoms with Crippen molar-refractivity contribution >= 4 is 11.6 Å². The van der Waals surface area contributed by atoms with Gasteiger partial charge in [0, 0.05) is 37.3 Å². The molecule has 23 heavy (non-hydrogen) atoms. The highest BCUT2D eigenvalue weighted by atomic mass is 16.6. The Morgan fingerprint density at radius 3 is 2.65 bits per heavy atom. The Hall–Kier alpha value is -1.99. The number of amides is 1. The van der Waals surface area contributed by atoms with Gasteiger partial charge < -0.3 is 14.5 Å². The molecule has 1 aromatic rings. The zero-order valence-electron chi connectivity index (χ0n) is 13.2. The number of nitrogens with zero attached hydrogens (tertiary/aromatic N) is 3. The second-order valence-electron chi connectivity index (χ2n) is 6.40. The molecule has 7 heteroatoms. The first-order valence-electron chi connectivity index (χ1n) is 7.85. The number of carbonyl (C=O) groups is 1. The van der Waals surface area contributed by atoms with Crippen LogP contribution in [0.3, 0.4) is 0 Å². The second kappa shape index (κ2) is 6.25. The first kappa shape index (κ1) is 15.9. The van der Waals surface area contributed by atoms with E-state index in [1.807, 2.05) is 4.90 Å². The number of benzene rings is 1. The number of likely N-dealkylation sites (N-methyl/N-ethyl adjacent to an activating group) is 1. The minimum atomic E-state index is -0.462. The molecule has 7 nitrogen and oxygen atoms in total. The maximum absolute atomic E-state index is 12.7. The van der Waals surface area contributed by atoms with Crippen LogP contribution < -0.4 is 0 Å². The van der Waals surface area contributed by atoms with Crippen molar-refractivity contribution in [3.63, 3.8) is 0 Å². The van der Waals surface area contributed by atoms with Crippen molar-refractivity contribution in [3.8, 4) is 0 Å². The number of hydrogen-bond acceptors (Lipinski definition) is 5. The quantitative estimate of drug-likeness (QED) is 0.610. The van der Waals surface area contributed by atoms with Crippen LogP contribution in [0.15, 0.2) is 24.3 Å². The molecule has 0 N–H and O–H groups in total. The van der Waals surface area contributed by atoms with E-state index in [1.54, 1.807) is 0 Å². The Morgan fingerprint density at radius 2 is 2.00 bits per heavy atom. The van der Waals surface area contributed by atoms with E-state index in [-0.39, 0.29) is 17.2 Å². The van der Waals surface area contributed by atoms with Crippen LogP contribution in [-0.2, 0) is 4.74 Å². The number of nitro benzene ring substituents is 1. The third-order valence-electron chi connectivity index (χ3n) is 4.59. The molecule has 0 aromatic heterocycles. The molecule has 1 unspecified atom stereocenters.